The zero-order valence-corrected chi connectivity index (χ0v) is 17.6. The molecule has 0 saturated carbocycles. The van der Waals surface area contributed by atoms with Crippen LogP contribution in [0.3, 0.4) is 0 Å². The van der Waals surface area contributed by atoms with Crippen LogP contribution in [0.4, 0.5) is 5.82 Å². The van der Waals surface area contributed by atoms with Gasteiger partial charge in [-0.05, 0) is 48.1 Å². The first-order valence-corrected chi connectivity index (χ1v) is 10.4. The van der Waals surface area contributed by atoms with E-state index in [2.05, 4.69) is 79.1 Å². The van der Waals surface area contributed by atoms with Gasteiger partial charge in [0.15, 0.2) is 0 Å². The van der Waals surface area contributed by atoms with Gasteiger partial charge < -0.3 is 20.4 Å². The van der Waals surface area contributed by atoms with Crippen LogP contribution in [0.15, 0.2) is 47.7 Å². The molecule has 0 spiro atoms. The Labute approximate surface area is 169 Å². The van der Waals surface area contributed by atoms with Gasteiger partial charge in [0.2, 0.25) is 0 Å². The summed E-state index contributed by atoms with van der Waals surface area (Å²) in [4.78, 5) is 12.1. The van der Waals surface area contributed by atoms with E-state index in [1.54, 1.807) is 0 Å². The number of allylic oxidation sites excluding steroid dienone is 2. The third-order valence-electron chi connectivity index (χ3n) is 6.29. The molecule has 5 heteroatoms. The molecule has 28 heavy (non-hydrogen) atoms. The van der Waals surface area contributed by atoms with Crippen molar-refractivity contribution in [2.45, 2.75) is 26.3 Å². The lowest BCUT2D eigenvalue weighted by Gasteiger charge is -2.41. The number of piperidine rings is 1. The van der Waals surface area contributed by atoms with E-state index >= 15 is 0 Å². The van der Waals surface area contributed by atoms with E-state index in [4.69, 9.17) is 10.7 Å². The highest BCUT2D eigenvalue weighted by Crippen LogP contribution is 2.32. The van der Waals surface area contributed by atoms with Crippen LogP contribution in [0, 0.1) is 11.8 Å². The van der Waals surface area contributed by atoms with Crippen LogP contribution >= 0.6 is 0 Å². The first-order valence-electron chi connectivity index (χ1n) is 10.4. The summed E-state index contributed by atoms with van der Waals surface area (Å²) < 4.78 is 0. The van der Waals surface area contributed by atoms with Gasteiger partial charge in [-0.1, -0.05) is 26.0 Å². The van der Waals surface area contributed by atoms with E-state index in [-0.39, 0.29) is 6.04 Å². The van der Waals surface area contributed by atoms with Gasteiger partial charge in [0.25, 0.3) is 0 Å². The lowest BCUT2D eigenvalue weighted by atomic mass is 9.92. The molecule has 1 saturated heterocycles. The molecule has 3 unspecified atom stereocenters. The third kappa shape index (κ3) is 3.55. The summed E-state index contributed by atoms with van der Waals surface area (Å²) in [6.45, 7) is 8.38. The monoisotopic (exact) mass is 379 g/mol. The van der Waals surface area contributed by atoms with E-state index < -0.39 is 0 Å². The number of hydrogen-bond donors (Lipinski definition) is 1. The highest BCUT2D eigenvalue weighted by atomic mass is 15.2. The number of nitrogens with two attached hydrogens (primary N) is 1. The Morgan fingerprint density at radius 2 is 1.86 bits per heavy atom. The molecule has 3 aliphatic heterocycles. The minimum atomic E-state index is 0.259. The molecule has 150 valence electrons. The first-order chi connectivity index (χ1) is 13.5. The van der Waals surface area contributed by atoms with Crippen molar-refractivity contribution in [2.75, 3.05) is 45.2 Å². The number of pyridine rings is 1. The number of likely N-dealkylation sites (N-methyl/N-ethyl adjacent to an activating group) is 2. The molecule has 5 nitrogen and oxygen atoms in total. The highest BCUT2D eigenvalue weighted by molar-refractivity contribution is 5.67. The molecule has 0 amide bonds. The quantitative estimate of drug-likeness (QED) is 0.875. The second-order valence-electron chi connectivity index (χ2n) is 8.80. The van der Waals surface area contributed by atoms with Gasteiger partial charge in [-0.15, -0.1) is 0 Å². The van der Waals surface area contributed by atoms with Crippen LogP contribution in [0.2, 0.25) is 0 Å². The maximum Gasteiger partial charge on any atom is 0.129 e. The summed E-state index contributed by atoms with van der Waals surface area (Å²) in [7, 11) is 4.28. The standard InChI is InChI=1S/C23H33N5/c1-16-10-17(2)14-28(13-16)23-7-5-6-20(25-23)21-9-8-18-15-26(3)19(12-24)11-22(18)27(21)4/h5-9,11,16-17,22H,10,12-15,24H2,1-4H3. The largest absolute Gasteiger partial charge is 0.373 e. The van der Waals surface area contributed by atoms with E-state index in [1.807, 2.05) is 0 Å². The fourth-order valence-corrected chi connectivity index (χ4v) is 4.93. The van der Waals surface area contributed by atoms with Crippen molar-refractivity contribution in [3.05, 3.63) is 53.4 Å². The predicted octanol–water partition coefficient (Wildman–Crippen LogP) is 2.93. The first kappa shape index (κ1) is 19.1. The normalized spacial score (nSPS) is 27.8. The summed E-state index contributed by atoms with van der Waals surface area (Å²) in [5.41, 5.74) is 10.8. The zero-order valence-electron chi connectivity index (χ0n) is 17.6. The Hall–Kier alpha value is -2.27. The minimum Gasteiger partial charge on any atom is -0.373 e. The molecule has 4 heterocycles. The summed E-state index contributed by atoms with van der Waals surface area (Å²) in [5, 5.41) is 0. The van der Waals surface area contributed by atoms with Crippen molar-refractivity contribution in [1.29, 1.82) is 0 Å². The minimum absolute atomic E-state index is 0.259. The molecule has 1 fully saturated rings. The average molecular weight is 380 g/mol. The van der Waals surface area contributed by atoms with E-state index in [0.717, 1.165) is 43.0 Å². The van der Waals surface area contributed by atoms with Gasteiger partial charge in [-0.2, -0.15) is 0 Å². The van der Waals surface area contributed by atoms with Crippen molar-refractivity contribution in [3.63, 3.8) is 0 Å². The number of aromatic nitrogens is 1. The fraction of sp³-hybridized carbons (Fsp3) is 0.522. The van der Waals surface area contributed by atoms with Crippen molar-refractivity contribution in [1.82, 2.24) is 14.8 Å². The van der Waals surface area contributed by atoms with Crippen molar-refractivity contribution >= 4 is 11.5 Å². The van der Waals surface area contributed by atoms with Gasteiger partial charge in [-0.25, -0.2) is 4.98 Å². The molecule has 1 aromatic heterocycles. The van der Waals surface area contributed by atoms with Crippen LogP contribution < -0.4 is 10.6 Å². The zero-order chi connectivity index (χ0) is 19.8. The van der Waals surface area contributed by atoms with Crippen molar-refractivity contribution in [2.24, 2.45) is 17.6 Å². The molecule has 0 aromatic carbocycles. The van der Waals surface area contributed by atoms with Crippen LogP contribution in [-0.4, -0.2) is 61.1 Å². The smallest absolute Gasteiger partial charge is 0.129 e. The molecule has 4 rings (SSSR count). The molecule has 2 N–H and O–H groups in total. The SMILES string of the molecule is CC1CC(C)CN(c2cccc(C3=CC=C4CN(C)C(CN)=CC4N3C)n2)C1. The maximum absolute atomic E-state index is 5.95. The Bertz CT molecular complexity index is 814. The Morgan fingerprint density at radius 3 is 2.57 bits per heavy atom. The van der Waals surface area contributed by atoms with E-state index in [9.17, 15) is 0 Å². The molecular weight excluding hydrogens is 346 g/mol. The van der Waals surface area contributed by atoms with Gasteiger partial charge in [0.1, 0.15) is 5.82 Å². The molecule has 0 bridgehead atoms. The Kier molecular flexibility index (Phi) is 5.19. The van der Waals surface area contributed by atoms with Crippen molar-refractivity contribution in [3.8, 4) is 0 Å². The van der Waals surface area contributed by atoms with Crippen LogP contribution in [0.25, 0.3) is 5.70 Å². The van der Waals surface area contributed by atoms with E-state index in [0.29, 0.717) is 6.54 Å². The number of rotatable bonds is 3. The summed E-state index contributed by atoms with van der Waals surface area (Å²) in [5.74, 6) is 2.53. The maximum atomic E-state index is 5.95. The predicted molar refractivity (Wildman–Crippen MR) is 117 cm³/mol. The summed E-state index contributed by atoms with van der Waals surface area (Å²) >= 11 is 0. The second-order valence-corrected chi connectivity index (χ2v) is 8.80. The molecule has 3 aliphatic rings. The Morgan fingerprint density at radius 1 is 1.11 bits per heavy atom. The number of anilines is 1. The van der Waals surface area contributed by atoms with Crippen LogP contribution in [0.1, 0.15) is 26.0 Å². The number of hydrogen-bond acceptors (Lipinski definition) is 5. The topological polar surface area (TPSA) is 48.6 Å². The van der Waals surface area contributed by atoms with Crippen molar-refractivity contribution < 1.29 is 0 Å². The molecule has 1 aromatic rings. The summed E-state index contributed by atoms with van der Waals surface area (Å²) in [6.07, 6.45) is 8.08. The molecular formula is C23H33N5. The summed E-state index contributed by atoms with van der Waals surface area (Å²) in [6, 6.07) is 6.69. The van der Waals surface area contributed by atoms with Gasteiger partial charge in [0.05, 0.1) is 17.4 Å². The van der Waals surface area contributed by atoms with Gasteiger partial charge in [-0.3, -0.25) is 0 Å². The second kappa shape index (κ2) is 7.63. The van der Waals surface area contributed by atoms with Crippen LogP contribution in [-0.2, 0) is 0 Å². The van der Waals surface area contributed by atoms with E-state index in [1.165, 1.54) is 23.4 Å². The molecule has 3 atom stereocenters. The highest BCUT2D eigenvalue weighted by Gasteiger charge is 2.29. The third-order valence-corrected chi connectivity index (χ3v) is 6.29. The lowest BCUT2D eigenvalue weighted by Crippen LogP contribution is -2.42. The molecule has 0 aliphatic carbocycles. The molecule has 0 radical (unpaired) electrons. The fourth-order valence-electron chi connectivity index (χ4n) is 4.93. The number of fused-ring (bicyclic) bond motifs is 1. The average Bonchev–Trinajstić information content (AvgIpc) is 2.67. The van der Waals surface area contributed by atoms with Gasteiger partial charge in [0, 0.05) is 46.0 Å². The number of nitrogens with zero attached hydrogens (tertiary/aromatic N) is 4. The lowest BCUT2D eigenvalue weighted by molar-refractivity contribution is 0.350. The van der Waals surface area contributed by atoms with Crippen LogP contribution in [0.5, 0.6) is 0 Å². The van der Waals surface area contributed by atoms with Gasteiger partial charge >= 0.3 is 0 Å². The Balaban J connectivity index is 1.62.